The third-order valence-corrected chi connectivity index (χ3v) is 3.40. The molecule has 1 N–H and O–H groups in total. The molecule has 0 saturated carbocycles. The molecule has 1 aromatic heterocycles. The second-order valence-corrected chi connectivity index (χ2v) is 6.81. The lowest BCUT2D eigenvalue weighted by molar-refractivity contribution is -0.140. The van der Waals surface area contributed by atoms with Gasteiger partial charge in [-0.05, 0) is 48.8 Å². The number of fused-ring (bicyclic) bond motifs is 1. The quantitative estimate of drug-likeness (QED) is 0.862. The number of nitrogens with zero attached hydrogens (tertiary/aromatic N) is 2. The molecule has 4 nitrogen and oxygen atoms in total. The van der Waals surface area contributed by atoms with E-state index < -0.39 is 23.8 Å². The summed E-state index contributed by atoms with van der Waals surface area (Å²) < 4.78 is 39.5. The summed E-state index contributed by atoms with van der Waals surface area (Å²) in [6, 6.07) is 4.73. The number of para-hydroxylation sites is 1. The van der Waals surface area contributed by atoms with Gasteiger partial charge in [0.05, 0.1) is 10.9 Å². The van der Waals surface area contributed by atoms with Crippen molar-refractivity contribution in [2.24, 2.45) is 0 Å². The van der Waals surface area contributed by atoms with Crippen molar-refractivity contribution >= 4 is 32.8 Å². The third-order valence-electron chi connectivity index (χ3n) is 2.76. The smallest absolute Gasteiger partial charge is 0.351 e. The minimum absolute atomic E-state index is 0.103. The summed E-state index contributed by atoms with van der Waals surface area (Å²) in [6.45, 7) is 3.95. The monoisotopic (exact) mass is 377 g/mol. The molecule has 0 spiro atoms. The van der Waals surface area contributed by atoms with Gasteiger partial charge >= 0.3 is 6.18 Å². The van der Waals surface area contributed by atoms with E-state index in [2.05, 4.69) is 26.2 Å². The fraction of sp³-hybridized carbons (Fsp3) is 0.429. The Bertz CT molecular complexity index is 763. The molecule has 0 aliphatic carbocycles. The Morgan fingerprint density at radius 2 is 1.91 bits per heavy atom. The van der Waals surface area contributed by atoms with Crippen LogP contribution >= 0.6 is 15.9 Å². The van der Waals surface area contributed by atoms with Crippen LogP contribution in [-0.2, 0) is 6.54 Å². The largest absolute Gasteiger partial charge is 0.406 e. The molecule has 2 rings (SSSR count). The number of nitrogens with one attached hydrogen (secondary N) is 1. The average molecular weight is 378 g/mol. The standard InChI is InChI=1S/C14H15BrF3N3O/c1-13(2,3)20-12-19-10-8(5-4-6-9(10)15)11(22)21(12)7-14(16,17)18/h4-6H,7H2,1-3H3,(H,19,20). The zero-order chi connectivity index (χ0) is 16.7. The number of rotatable bonds is 2. The minimum Gasteiger partial charge on any atom is -0.351 e. The summed E-state index contributed by atoms with van der Waals surface area (Å²) in [4.78, 5) is 16.6. The number of hydrogen-bond donors (Lipinski definition) is 1. The second kappa shape index (κ2) is 5.57. The van der Waals surface area contributed by atoms with Crippen molar-refractivity contribution in [2.75, 3.05) is 5.32 Å². The van der Waals surface area contributed by atoms with Crippen LogP contribution in [0.2, 0.25) is 0 Å². The van der Waals surface area contributed by atoms with Crippen LogP contribution in [0.25, 0.3) is 10.9 Å². The van der Waals surface area contributed by atoms with Crippen LogP contribution in [0.1, 0.15) is 20.8 Å². The zero-order valence-corrected chi connectivity index (χ0v) is 13.8. The number of anilines is 1. The van der Waals surface area contributed by atoms with Crippen molar-refractivity contribution in [3.05, 3.63) is 33.0 Å². The van der Waals surface area contributed by atoms with Crippen molar-refractivity contribution in [2.45, 2.75) is 39.0 Å². The SMILES string of the molecule is CC(C)(C)Nc1nc2c(Br)cccc2c(=O)n1CC(F)(F)F. The second-order valence-electron chi connectivity index (χ2n) is 5.95. The highest BCUT2D eigenvalue weighted by atomic mass is 79.9. The molecule has 0 bridgehead atoms. The van der Waals surface area contributed by atoms with Crippen molar-refractivity contribution in [1.82, 2.24) is 9.55 Å². The summed E-state index contributed by atoms with van der Waals surface area (Å²) in [7, 11) is 0. The number of benzene rings is 1. The molecule has 2 aromatic rings. The maximum atomic E-state index is 12.8. The first-order chi connectivity index (χ1) is 9.98. The molecular weight excluding hydrogens is 363 g/mol. The van der Waals surface area contributed by atoms with Crippen LogP contribution in [0.4, 0.5) is 19.1 Å². The van der Waals surface area contributed by atoms with Crippen LogP contribution in [-0.4, -0.2) is 21.3 Å². The van der Waals surface area contributed by atoms with Gasteiger partial charge in [-0.1, -0.05) is 6.07 Å². The van der Waals surface area contributed by atoms with Crippen molar-refractivity contribution < 1.29 is 13.2 Å². The van der Waals surface area contributed by atoms with Gasteiger partial charge in [-0.15, -0.1) is 0 Å². The Kier molecular flexibility index (Phi) is 4.25. The summed E-state index contributed by atoms with van der Waals surface area (Å²) in [5.41, 5.74) is -0.935. The van der Waals surface area contributed by atoms with Gasteiger partial charge in [-0.25, -0.2) is 4.98 Å². The number of hydrogen-bond acceptors (Lipinski definition) is 3. The van der Waals surface area contributed by atoms with Crippen LogP contribution in [0.3, 0.4) is 0 Å². The van der Waals surface area contributed by atoms with Gasteiger partial charge in [0.25, 0.3) is 5.56 Å². The third kappa shape index (κ3) is 3.79. The highest BCUT2D eigenvalue weighted by Gasteiger charge is 2.31. The Morgan fingerprint density at radius 3 is 2.45 bits per heavy atom. The van der Waals surface area contributed by atoms with Gasteiger partial charge in [0.1, 0.15) is 6.54 Å². The topological polar surface area (TPSA) is 46.9 Å². The van der Waals surface area contributed by atoms with E-state index in [1.54, 1.807) is 32.9 Å². The lowest BCUT2D eigenvalue weighted by Crippen LogP contribution is -2.36. The van der Waals surface area contributed by atoms with Crippen LogP contribution in [0, 0.1) is 0 Å². The van der Waals surface area contributed by atoms with E-state index >= 15 is 0 Å². The maximum absolute atomic E-state index is 12.8. The van der Waals surface area contributed by atoms with Gasteiger partial charge in [-0.3, -0.25) is 9.36 Å². The number of alkyl halides is 3. The Hall–Kier alpha value is -1.57. The van der Waals surface area contributed by atoms with Crippen molar-refractivity contribution in [1.29, 1.82) is 0 Å². The fourth-order valence-electron chi connectivity index (χ4n) is 1.97. The van der Waals surface area contributed by atoms with E-state index in [0.717, 1.165) is 0 Å². The van der Waals surface area contributed by atoms with E-state index in [4.69, 9.17) is 0 Å². The molecule has 1 aromatic carbocycles. The van der Waals surface area contributed by atoms with E-state index in [1.807, 2.05) is 0 Å². The van der Waals surface area contributed by atoms with E-state index in [9.17, 15) is 18.0 Å². The number of halogens is 4. The van der Waals surface area contributed by atoms with E-state index in [0.29, 0.717) is 14.6 Å². The summed E-state index contributed by atoms with van der Waals surface area (Å²) in [5, 5.41) is 3.00. The lowest BCUT2D eigenvalue weighted by Gasteiger charge is -2.24. The zero-order valence-electron chi connectivity index (χ0n) is 12.3. The molecule has 0 unspecified atom stereocenters. The molecule has 1 heterocycles. The normalized spacial score (nSPS) is 12.7. The van der Waals surface area contributed by atoms with Gasteiger partial charge in [0.15, 0.2) is 0 Å². The molecule has 0 saturated heterocycles. The average Bonchev–Trinajstić information content (AvgIpc) is 2.32. The van der Waals surface area contributed by atoms with Crippen LogP contribution in [0.5, 0.6) is 0 Å². The molecule has 0 aliphatic heterocycles. The minimum atomic E-state index is -4.51. The highest BCUT2D eigenvalue weighted by Crippen LogP contribution is 2.25. The Morgan fingerprint density at radius 1 is 1.27 bits per heavy atom. The summed E-state index contributed by atoms with van der Waals surface area (Å²) in [5.74, 6) is -0.103. The van der Waals surface area contributed by atoms with E-state index in [1.165, 1.54) is 6.07 Å². The highest BCUT2D eigenvalue weighted by molar-refractivity contribution is 9.10. The molecule has 22 heavy (non-hydrogen) atoms. The van der Waals surface area contributed by atoms with E-state index in [-0.39, 0.29) is 11.3 Å². The molecular formula is C14H15BrF3N3O. The van der Waals surface area contributed by atoms with Gasteiger partial charge in [0.2, 0.25) is 5.95 Å². The predicted octanol–water partition coefficient (Wildman–Crippen LogP) is 3.93. The predicted molar refractivity (Wildman–Crippen MR) is 83.1 cm³/mol. The maximum Gasteiger partial charge on any atom is 0.406 e. The van der Waals surface area contributed by atoms with Gasteiger partial charge in [-0.2, -0.15) is 13.2 Å². The van der Waals surface area contributed by atoms with Crippen LogP contribution < -0.4 is 10.9 Å². The van der Waals surface area contributed by atoms with Gasteiger partial charge < -0.3 is 5.32 Å². The first-order valence-electron chi connectivity index (χ1n) is 6.52. The Labute approximate surface area is 133 Å². The molecule has 0 radical (unpaired) electrons. The molecule has 0 atom stereocenters. The molecule has 0 fully saturated rings. The summed E-state index contributed by atoms with van der Waals surface area (Å²) >= 11 is 3.27. The molecule has 0 amide bonds. The Balaban J connectivity index is 2.75. The first-order valence-corrected chi connectivity index (χ1v) is 7.31. The van der Waals surface area contributed by atoms with Crippen LogP contribution in [0.15, 0.2) is 27.5 Å². The van der Waals surface area contributed by atoms with Crippen molar-refractivity contribution in [3.8, 4) is 0 Å². The van der Waals surface area contributed by atoms with Crippen molar-refractivity contribution in [3.63, 3.8) is 0 Å². The molecule has 120 valence electrons. The fourth-order valence-corrected chi connectivity index (χ4v) is 2.42. The molecule has 0 aliphatic rings. The lowest BCUT2D eigenvalue weighted by atomic mass is 10.1. The summed E-state index contributed by atoms with van der Waals surface area (Å²) in [6.07, 6.45) is -4.51. The molecule has 8 heteroatoms. The van der Waals surface area contributed by atoms with Gasteiger partial charge in [0, 0.05) is 10.0 Å². The first kappa shape index (κ1) is 16.8. The number of aromatic nitrogens is 2.